The van der Waals surface area contributed by atoms with Crippen LogP contribution in [-0.2, 0) is 11.2 Å². The van der Waals surface area contributed by atoms with Gasteiger partial charge in [0.25, 0.3) is 5.91 Å². The summed E-state index contributed by atoms with van der Waals surface area (Å²) in [6.45, 7) is 6.90. The van der Waals surface area contributed by atoms with Crippen LogP contribution in [0.15, 0.2) is 47.4 Å². The molecule has 1 aliphatic rings. The van der Waals surface area contributed by atoms with Crippen LogP contribution in [0.25, 0.3) is 10.2 Å². The minimum atomic E-state index is 0. The van der Waals surface area contributed by atoms with Gasteiger partial charge in [0, 0.05) is 36.6 Å². The maximum Gasteiger partial charge on any atom is 0.260 e. The molecule has 1 fully saturated rings. The van der Waals surface area contributed by atoms with E-state index in [2.05, 4.69) is 30.0 Å². The van der Waals surface area contributed by atoms with Gasteiger partial charge in [0.05, 0.1) is 23.4 Å². The molecule has 2 heterocycles. The van der Waals surface area contributed by atoms with Gasteiger partial charge in [-0.1, -0.05) is 24.3 Å². The third kappa shape index (κ3) is 5.79. The number of halogens is 1. The van der Waals surface area contributed by atoms with Gasteiger partial charge in [0.2, 0.25) is 0 Å². The molecule has 166 valence electrons. The molecule has 0 N–H and O–H groups in total. The van der Waals surface area contributed by atoms with Gasteiger partial charge < -0.3 is 4.74 Å². The first-order valence-electron chi connectivity index (χ1n) is 10.3. The van der Waals surface area contributed by atoms with Crippen molar-refractivity contribution in [2.75, 3.05) is 50.5 Å². The van der Waals surface area contributed by atoms with Crippen molar-refractivity contribution >= 4 is 56.8 Å². The number of anilines is 1. The molecule has 2 aromatic carbocycles. The highest BCUT2D eigenvalue weighted by Gasteiger charge is 2.23. The predicted molar refractivity (Wildman–Crippen MR) is 133 cm³/mol. The van der Waals surface area contributed by atoms with E-state index >= 15 is 0 Å². The van der Waals surface area contributed by atoms with Gasteiger partial charge in [-0.25, -0.2) is 4.98 Å². The Morgan fingerprint density at radius 3 is 2.61 bits per heavy atom. The molecule has 31 heavy (non-hydrogen) atoms. The molecule has 1 amide bonds. The number of thioether (sulfide) groups is 1. The summed E-state index contributed by atoms with van der Waals surface area (Å²) in [6, 6.07) is 14.2. The summed E-state index contributed by atoms with van der Waals surface area (Å²) in [6.07, 6.45) is 3.03. The van der Waals surface area contributed by atoms with Crippen LogP contribution < -0.4 is 4.90 Å². The van der Waals surface area contributed by atoms with Crippen LogP contribution in [0.2, 0.25) is 0 Å². The SMILES string of the molecule is CCc1ccc2nc(N(CCN3CCOCC3)C(=O)c3ccc(SC)cc3)sc2c1.Cl. The lowest BCUT2D eigenvalue weighted by Crippen LogP contribution is -2.43. The molecule has 5 nitrogen and oxygen atoms in total. The van der Waals surface area contributed by atoms with Crippen molar-refractivity contribution in [1.82, 2.24) is 9.88 Å². The van der Waals surface area contributed by atoms with E-state index in [0.29, 0.717) is 12.1 Å². The van der Waals surface area contributed by atoms with Crippen molar-refractivity contribution < 1.29 is 9.53 Å². The number of fused-ring (bicyclic) bond motifs is 1. The molecule has 4 rings (SSSR count). The number of carbonyl (C=O) groups excluding carboxylic acids is 1. The van der Waals surface area contributed by atoms with E-state index < -0.39 is 0 Å². The molecular formula is C23H28ClN3O2S2. The summed E-state index contributed by atoms with van der Waals surface area (Å²) >= 11 is 3.27. The van der Waals surface area contributed by atoms with Crippen LogP contribution in [0, 0.1) is 0 Å². The number of nitrogens with zero attached hydrogens (tertiary/aromatic N) is 3. The van der Waals surface area contributed by atoms with Crippen molar-refractivity contribution in [2.24, 2.45) is 0 Å². The minimum absolute atomic E-state index is 0. The van der Waals surface area contributed by atoms with Crippen LogP contribution in [-0.4, -0.2) is 61.4 Å². The number of rotatable bonds is 7. The molecule has 1 aromatic heterocycles. The Kier molecular flexibility index (Phi) is 8.75. The Bertz CT molecular complexity index is 1000. The fraction of sp³-hybridized carbons (Fsp3) is 0.391. The Hall–Kier alpha value is -1.64. The summed E-state index contributed by atoms with van der Waals surface area (Å²) in [7, 11) is 0. The average molecular weight is 478 g/mol. The summed E-state index contributed by atoms with van der Waals surface area (Å²) in [4.78, 5) is 23.6. The van der Waals surface area contributed by atoms with E-state index in [1.165, 1.54) is 5.56 Å². The third-order valence-electron chi connectivity index (χ3n) is 5.41. The molecule has 0 spiro atoms. The number of morpholine rings is 1. The Morgan fingerprint density at radius 2 is 1.94 bits per heavy atom. The molecule has 0 atom stereocenters. The zero-order chi connectivity index (χ0) is 20.9. The molecule has 0 bridgehead atoms. The quantitative estimate of drug-likeness (QED) is 0.449. The van der Waals surface area contributed by atoms with Crippen LogP contribution >= 0.6 is 35.5 Å². The Balaban J connectivity index is 0.00000272. The second kappa shape index (κ2) is 11.3. The molecule has 1 aliphatic heterocycles. The standard InChI is InChI=1S/C23H27N3O2S2.ClH/c1-3-17-4-9-20-21(16-17)30-23(24-20)26(11-10-25-12-14-28-15-13-25)22(27)18-5-7-19(29-2)8-6-18;/h4-9,16H,3,10-15H2,1-2H3;1H. The van der Waals surface area contributed by atoms with Gasteiger partial charge in [-0.2, -0.15) is 0 Å². The van der Waals surface area contributed by atoms with Crippen molar-refractivity contribution in [1.29, 1.82) is 0 Å². The molecule has 3 aromatic rings. The number of thiazole rings is 1. The molecule has 0 saturated carbocycles. The second-order valence-electron chi connectivity index (χ2n) is 7.29. The van der Waals surface area contributed by atoms with Gasteiger partial charge in [0.1, 0.15) is 0 Å². The highest BCUT2D eigenvalue weighted by Crippen LogP contribution is 2.31. The predicted octanol–water partition coefficient (Wildman–Crippen LogP) is 4.98. The molecular weight excluding hydrogens is 450 g/mol. The van der Waals surface area contributed by atoms with E-state index in [1.807, 2.05) is 35.4 Å². The highest BCUT2D eigenvalue weighted by molar-refractivity contribution is 7.98. The lowest BCUT2D eigenvalue weighted by atomic mass is 10.2. The summed E-state index contributed by atoms with van der Waals surface area (Å²) in [5.41, 5.74) is 2.94. The van der Waals surface area contributed by atoms with E-state index in [9.17, 15) is 4.79 Å². The second-order valence-corrected chi connectivity index (χ2v) is 9.18. The van der Waals surface area contributed by atoms with Crippen LogP contribution in [0.5, 0.6) is 0 Å². The fourth-order valence-electron chi connectivity index (χ4n) is 3.53. The Morgan fingerprint density at radius 1 is 1.19 bits per heavy atom. The number of aryl methyl sites for hydroxylation is 1. The van der Waals surface area contributed by atoms with Crippen LogP contribution in [0.1, 0.15) is 22.8 Å². The van der Waals surface area contributed by atoms with Crippen LogP contribution in [0.4, 0.5) is 5.13 Å². The van der Waals surface area contributed by atoms with E-state index in [0.717, 1.165) is 59.5 Å². The zero-order valence-electron chi connectivity index (χ0n) is 17.9. The summed E-state index contributed by atoms with van der Waals surface area (Å²) in [5, 5.41) is 0.769. The maximum atomic E-state index is 13.5. The van der Waals surface area contributed by atoms with Crippen molar-refractivity contribution in [3.8, 4) is 0 Å². The number of aromatic nitrogens is 1. The first-order valence-corrected chi connectivity index (χ1v) is 12.4. The van der Waals surface area contributed by atoms with E-state index in [4.69, 9.17) is 9.72 Å². The summed E-state index contributed by atoms with van der Waals surface area (Å²) in [5.74, 6) is 0.00526. The van der Waals surface area contributed by atoms with Crippen molar-refractivity contribution in [3.05, 3.63) is 53.6 Å². The highest BCUT2D eigenvalue weighted by atomic mass is 35.5. The summed E-state index contributed by atoms with van der Waals surface area (Å²) < 4.78 is 6.59. The fourth-order valence-corrected chi connectivity index (χ4v) is 4.99. The molecule has 0 unspecified atom stereocenters. The average Bonchev–Trinajstić information content (AvgIpc) is 3.22. The Labute approximate surface area is 198 Å². The number of hydrogen-bond acceptors (Lipinski definition) is 6. The van der Waals surface area contributed by atoms with Gasteiger partial charge >= 0.3 is 0 Å². The molecule has 8 heteroatoms. The third-order valence-corrected chi connectivity index (χ3v) is 7.19. The van der Waals surface area contributed by atoms with Gasteiger partial charge in [0.15, 0.2) is 5.13 Å². The molecule has 0 aliphatic carbocycles. The van der Waals surface area contributed by atoms with Crippen LogP contribution in [0.3, 0.4) is 0 Å². The number of amides is 1. The minimum Gasteiger partial charge on any atom is -0.379 e. The molecule has 0 radical (unpaired) electrons. The molecule has 1 saturated heterocycles. The van der Waals surface area contributed by atoms with Gasteiger partial charge in [-0.05, 0) is 54.6 Å². The van der Waals surface area contributed by atoms with Crippen molar-refractivity contribution in [3.63, 3.8) is 0 Å². The van der Waals surface area contributed by atoms with Gasteiger partial charge in [-0.3, -0.25) is 14.6 Å². The van der Waals surface area contributed by atoms with Gasteiger partial charge in [-0.15, -0.1) is 24.2 Å². The van der Waals surface area contributed by atoms with E-state index in [1.54, 1.807) is 23.1 Å². The first kappa shape index (κ1) is 24.0. The monoisotopic (exact) mass is 477 g/mol. The normalized spacial score (nSPS) is 14.4. The number of ether oxygens (including phenoxy) is 1. The maximum absolute atomic E-state index is 13.5. The number of benzene rings is 2. The van der Waals surface area contributed by atoms with Crippen molar-refractivity contribution in [2.45, 2.75) is 18.2 Å². The van der Waals surface area contributed by atoms with E-state index in [-0.39, 0.29) is 18.3 Å². The zero-order valence-corrected chi connectivity index (χ0v) is 20.3. The topological polar surface area (TPSA) is 45.7 Å². The number of hydrogen-bond donors (Lipinski definition) is 0. The first-order chi connectivity index (χ1) is 14.7. The smallest absolute Gasteiger partial charge is 0.260 e. The lowest BCUT2D eigenvalue weighted by molar-refractivity contribution is 0.0391. The largest absolute Gasteiger partial charge is 0.379 e. The lowest BCUT2D eigenvalue weighted by Gasteiger charge is -2.29. The number of carbonyl (C=O) groups is 1.